The molecule has 2 N–H and O–H groups in total. The first kappa shape index (κ1) is 14.9. The zero-order valence-corrected chi connectivity index (χ0v) is 13.0. The van der Waals surface area contributed by atoms with Gasteiger partial charge in [-0.05, 0) is 38.1 Å². The molecule has 5 heteroatoms. The van der Waals surface area contributed by atoms with Gasteiger partial charge in [0.15, 0.2) is 0 Å². The van der Waals surface area contributed by atoms with E-state index in [0.29, 0.717) is 22.3 Å². The predicted octanol–water partition coefficient (Wildman–Crippen LogP) is 4.31. The normalized spacial score (nSPS) is 10.6. The molecule has 1 aromatic heterocycles. The molecular weight excluding hydrogens is 293 g/mol. The van der Waals surface area contributed by atoms with Crippen LogP contribution in [0.15, 0.2) is 30.3 Å². The van der Waals surface area contributed by atoms with E-state index in [-0.39, 0.29) is 0 Å². The number of pyridine rings is 1. The molecule has 0 atom stereocenters. The standard InChI is InChI=1S/C15H17Cl2N3/c1-3-20(9-12-6-4-5-10(2)19-12)15-13(16)7-11(18)8-14(15)17/h4-8H,3,9,18H2,1-2H3. The zero-order chi connectivity index (χ0) is 14.7. The molecular formula is C15H17Cl2N3. The van der Waals surface area contributed by atoms with Crippen molar-refractivity contribution < 1.29 is 0 Å². The summed E-state index contributed by atoms with van der Waals surface area (Å²) in [5.41, 5.74) is 9.08. The van der Waals surface area contributed by atoms with E-state index < -0.39 is 0 Å². The van der Waals surface area contributed by atoms with Gasteiger partial charge >= 0.3 is 0 Å². The van der Waals surface area contributed by atoms with Crippen molar-refractivity contribution in [2.45, 2.75) is 20.4 Å². The molecule has 0 radical (unpaired) electrons. The minimum atomic E-state index is 0.560. The molecule has 2 rings (SSSR count). The predicted molar refractivity (Wildman–Crippen MR) is 86.6 cm³/mol. The summed E-state index contributed by atoms with van der Waals surface area (Å²) in [6, 6.07) is 9.40. The molecule has 0 saturated heterocycles. The van der Waals surface area contributed by atoms with Crippen molar-refractivity contribution in [3.8, 4) is 0 Å². The van der Waals surface area contributed by atoms with Gasteiger partial charge in [0.1, 0.15) is 0 Å². The number of aryl methyl sites for hydroxylation is 1. The number of anilines is 2. The topological polar surface area (TPSA) is 42.2 Å². The quantitative estimate of drug-likeness (QED) is 0.856. The van der Waals surface area contributed by atoms with Crippen molar-refractivity contribution in [2.24, 2.45) is 0 Å². The summed E-state index contributed by atoms with van der Waals surface area (Å²) in [6.07, 6.45) is 0. The van der Waals surface area contributed by atoms with Gasteiger partial charge in [0, 0.05) is 17.9 Å². The molecule has 0 aliphatic rings. The highest BCUT2D eigenvalue weighted by molar-refractivity contribution is 6.39. The van der Waals surface area contributed by atoms with Crippen molar-refractivity contribution in [1.29, 1.82) is 0 Å². The van der Waals surface area contributed by atoms with E-state index in [2.05, 4.69) is 16.8 Å². The summed E-state index contributed by atoms with van der Waals surface area (Å²) >= 11 is 12.6. The fourth-order valence-corrected chi connectivity index (χ4v) is 2.86. The third-order valence-corrected chi connectivity index (χ3v) is 3.61. The van der Waals surface area contributed by atoms with Crippen LogP contribution in [0.4, 0.5) is 11.4 Å². The number of nitrogens with zero attached hydrogens (tertiary/aromatic N) is 2. The Morgan fingerprint density at radius 3 is 2.40 bits per heavy atom. The van der Waals surface area contributed by atoms with E-state index in [1.54, 1.807) is 12.1 Å². The van der Waals surface area contributed by atoms with Crippen LogP contribution >= 0.6 is 23.2 Å². The van der Waals surface area contributed by atoms with Gasteiger partial charge in [0.2, 0.25) is 0 Å². The molecule has 0 spiro atoms. The molecule has 0 unspecified atom stereocenters. The molecule has 0 aliphatic heterocycles. The largest absolute Gasteiger partial charge is 0.399 e. The fraction of sp³-hybridized carbons (Fsp3) is 0.267. The van der Waals surface area contributed by atoms with Gasteiger partial charge in [0.05, 0.1) is 28.0 Å². The third kappa shape index (κ3) is 3.35. The Labute approximate surface area is 129 Å². The van der Waals surface area contributed by atoms with Gasteiger partial charge in [-0.1, -0.05) is 29.3 Å². The number of hydrogen-bond acceptors (Lipinski definition) is 3. The molecule has 20 heavy (non-hydrogen) atoms. The highest BCUT2D eigenvalue weighted by Gasteiger charge is 2.15. The Morgan fingerprint density at radius 1 is 1.20 bits per heavy atom. The molecule has 0 aliphatic carbocycles. The molecule has 1 aromatic carbocycles. The number of aromatic nitrogens is 1. The second-order valence-electron chi connectivity index (χ2n) is 4.62. The number of halogens is 2. The van der Waals surface area contributed by atoms with E-state index in [0.717, 1.165) is 23.6 Å². The Hall–Kier alpha value is -1.45. The molecule has 2 aromatic rings. The smallest absolute Gasteiger partial charge is 0.0749 e. The van der Waals surface area contributed by atoms with Gasteiger partial charge < -0.3 is 10.6 Å². The highest BCUT2D eigenvalue weighted by atomic mass is 35.5. The maximum atomic E-state index is 6.28. The fourth-order valence-electron chi connectivity index (χ4n) is 2.12. The SMILES string of the molecule is CCN(Cc1cccc(C)n1)c1c(Cl)cc(N)cc1Cl. The Bertz CT molecular complexity index is 591. The summed E-state index contributed by atoms with van der Waals surface area (Å²) in [5.74, 6) is 0. The van der Waals surface area contributed by atoms with Crippen molar-refractivity contribution in [2.75, 3.05) is 17.2 Å². The number of hydrogen-bond donors (Lipinski definition) is 1. The molecule has 0 saturated carbocycles. The highest BCUT2D eigenvalue weighted by Crippen LogP contribution is 2.36. The van der Waals surface area contributed by atoms with Crippen LogP contribution in [-0.4, -0.2) is 11.5 Å². The molecule has 3 nitrogen and oxygen atoms in total. The van der Waals surface area contributed by atoms with Gasteiger partial charge in [0.25, 0.3) is 0 Å². The number of nitrogen functional groups attached to an aromatic ring is 1. The van der Waals surface area contributed by atoms with Crippen LogP contribution in [0.5, 0.6) is 0 Å². The summed E-state index contributed by atoms with van der Waals surface area (Å²) in [4.78, 5) is 6.60. The van der Waals surface area contributed by atoms with Crippen molar-refractivity contribution >= 4 is 34.6 Å². The van der Waals surface area contributed by atoms with E-state index in [1.807, 2.05) is 25.1 Å². The molecule has 0 amide bonds. The van der Waals surface area contributed by atoms with E-state index in [9.17, 15) is 0 Å². The van der Waals surface area contributed by atoms with E-state index in [4.69, 9.17) is 28.9 Å². The summed E-state index contributed by atoms with van der Waals surface area (Å²) in [5, 5.41) is 1.12. The Balaban J connectivity index is 2.34. The van der Waals surface area contributed by atoms with Crippen molar-refractivity contribution in [3.05, 3.63) is 51.8 Å². The molecule has 1 heterocycles. The third-order valence-electron chi connectivity index (χ3n) is 3.04. The lowest BCUT2D eigenvalue weighted by atomic mass is 10.2. The second-order valence-corrected chi connectivity index (χ2v) is 5.43. The minimum Gasteiger partial charge on any atom is -0.399 e. The van der Waals surface area contributed by atoms with E-state index >= 15 is 0 Å². The van der Waals surface area contributed by atoms with Gasteiger partial charge in [-0.15, -0.1) is 0 Å². The Morgan fingerprint density at radius 2 is 1.85 bits per heavy atom. The minimum absolute atomic E-state index is 0.560. The lowest BCUT2D eigenvalue weighted by Gasteiger charge is -2.25. The summed E-state index contributed by atoms with van der Waals surface area (Å²) in [6.45, 7) is 5.46. The average Bonchev–Trinajstić information content (AvgIpc) is 2.36. The molecule has 106 valence electrons. The van der Waals surface area contributed by atoms with E-state index in [1.165, 1.54) is 0 Å². The average molecular weight is 310 g/mol. The lowest BCUT2D eigenvalue weighted by molar-refractivity contribution is 0.806. The zero-order valence-electron chi connectivity index (χ0n) is 11.5. The van der Waals surface area contributed by atoms with Crippen LogP contribution in [0.25, 0.3) is 0 Å². The van der Waals surface area contributed by atoms with Crippen molar-refractivity contribution in [1.82, 2.24) is 4.98 Å². The monoisotopic (exact) mass is 309 g/mol. The van der Waals surface area contributed by atoms with Crippen LogP contribution in [0.1, 0.15) is 18.3 Å². The van der Waals surface area contributed by atoms with Crippen LogP contribution < -0.4 is 10.6 Å². The maximum absolute atomic E-state index is 6.28. The first-order valence-corrected chi connectivity index (χ1v) is 7.19. The Kier molecular flexibility index (Phi) is 4.73. The first-order valence-electron chi connectivity index (χ1n) is 6.43. The first-order chi connectivity index (χ1) is 9.51. The van der Waals surface area contributed by atoms with Crippen LogP contribution in [0.3, 0.4) is 0 Å². The van der Waals surface area contributed by atoms with Crippen molar-refractivity contribution in [3.63, 3.8) is 0 Å². The molecule has 0 bridgehead atoms. The molecule has 0 fully saturated rings. The van der Waals surface area contributed by atoms with Gasteiger partial charge in [-0.2, -0.15) is 0 Å². The van der Waals surface area contributed by atoms with Crippen LogP contribution in [-0.2, 0) is 6.54 Å². The van der Waals surface area contributed by atoms with Gasteiger partial charge in [-0.25, -0.2) is 0 Å². The van der Waals surface area contributed by atoms with Crippen LogP contribution in [0.2, 0.25) is 10.0 Å². The maximum Gasteiger partial charge on any atom is 0.0749 e. The summed E-state index contributed by atoms with van der Waals surface area (Å²) < 4.78 is 0. The summed E-state index contributed by atoms with van der Waals surface area (Å²) in [7, 11) is 0. The van der Waals surface area contributed by atoms with Gasteiger partial charge in [-0.3, -0.25) is 4.98 Å². The second kappa shape index (κ2) is 6.33. The number of nitrogens with two attached hydrogens (primary N) is 1. The lowest BCUT2D eigenvalue weighted by Crippen LogP contribution is -2.23. The van der Waals surface area contributed by atoms with Crippen LogP contribution in [0, 0.1) is 6.92 Å². The number of benzene rings is 1. The number of rotatable bonds is 4.